The van der Waals surface area contributed by atoms with E-state index in [0.29, 0.717) is 17.5 Å². The number of benzene rings is 1. The van der Waals surface area contributed by atoms with Gasteiger partial charge in [-0.15, -0.1) is 0 Å². The minimum Gasteiger partial charge on any atom is -0.478 e. The molecule has 6 nitrogen and oxygen atoms in total. The second-order valence-electron chi connectivity index (χ2n) is 4.19. The van der Waals surface area contributed by atoms with Crippen molar-refractivity contribution in [2.45, 2.75) is 19.6 Å². The van der Waals surface area contributed by atoms with E-state index in [2.05, 4.69) is 14.7 Å². The molecule has 0 fully saturated rings. The molecule has 7 heteroatoms. The Balaban J connectivity index is 1.94. The van der Waals surface area contributed by atoms with Gasteiger partial charge in [-0.1, -0.05) is 12.1 Å². The molecule has 1 atom stereocenters. The number of carboxylic acid groups (broad SMARTS) is 1. The number of hydrogen-bond donors (Lipinski definition) is 2. The molecule has 2 N–H and O–H groups in total. The number of aromatic nitrogens is 2. The fraction of sp³-hybridized carbons (Fsp3) is 0.308. The van der Waals surface area contributed by atoms with E-state index < -0.39 is 5.97 Å². The summed E-state index contributed by atoms with van der Waals surface area (Å²) in [7, 11) is 1.61. The fourth-order valence-corrected chi connectivity index (χ4v) is 2.16. The van der Waals surface area contributed by atoms with Crippen LogP contribution in [0.2, 0.25) is 0 Å². The first-order chi connectivity index (χ1) is 9.60. The van der Waals surface area contributed by atoms with Crippen molar-refractivity contribution >= 4 is 22.6 Å². The molecule has 20 heavy (non-hydrogen) atoms. The lowest BCUT2D eigenvalue weighted by Gasteiger charge is -2.04. The minimum atomic E-state index is -0.924. The summed E-state index contributed by atoms with van der Waals surface area (Å²) in [5.74, 6) is -0.270. The van der Waals surface area contributed by atoms with E-state index in [1.54, 1.807) is 31.4 Å². The Morgan fingerprint density at radius 3 is 2.75 bits per heavy atom. The highest BCUT2D eigenvalue weighted by atomic mass is 32.1. The zero-order valence-electron chi connectivity index (χ0n) is 11.2. The van der Waals surface area contributed by atoms with Gasteiger partial charge < -0.3 is 15.2 Å². The number of anilines is 1. The maximum absolute atomic E-state index is 10.7. The molecule has 0 radical (unpaired) electrons. The van der Waals surface area contributed by atoms with Crippen molar-refractivity contribution in [1.82, 2.24) is 9.36 Å². The fourth-order valence-electron chi connectivity index (χ4n) is 1.52. The lowest BCUT2D eigenvalue weighted by molar-refractivity contribution is 0.0697. The van der Waals surface area contributed by atoms with Crippen molar-refractivity contribution in [2.24, 2.45) is 0 Å². The SMILES string of the molecule is COC(C)c1nsc(NCc2ccc(C(=O)O)cc2)n1. The second-order valence-corrected chi connectivity index (χ2v) is 4.94. The van der Waals surface area contributed by atoms with Gasteiger partial charge in [0.2, 0.25) is 5.13 Å². The molecule has 1 unspecified atom stereocenters. The molecular formula is C13H15N3O3S. The van der Waals surface area contributed by atoms with Gasteiger partial charge in [0, 0.05) is 25.2 Å². The average molecular weight is 293 g/mol. The molecule has 0 saturated carbocycles. The summed E-state index contributed by atoms with van der Waals surface area (Å²) in [5, 5.41) is 12.7. The van der Waals surface area contributed by atoms with Crippen LogP contribution in [-0.2, 0) is 11.3 Å². The molecule has 106 valence electrons. The Bertz CT molecular complexity index is 583. The summed E-state index contributed by atoms with van der Waals surface area (Å²) in [6.07, 6.45) is -0.128. The van der Waals surface area contributed by atoms with Crippen LogP contribution in [-0.4, -0.2) is 27.5 Å². The summed E-state index contributed by atoms with van der Waals surface area (Å²) in [6.45, 7) is 2.45. The van der Waals surface area contributed by atoms with Gasteiger partial charge in [-0.05, 0) is 24.6 Å². The normalized spacial score (nSPS) is 12.1. The Labute approximate surface area is 120 Å². The van der Waals surface area contributed by atoms with Crippen molar-refractivity contribution in [2.75, 3.05) is 12.4 Å². The van der Waals surface area contributed by atoms with Crippen LogP contribution in [0.5, 0.6) is 0 Å². The average Bonchev–Trinajstić information content (AvgIpc) is 2.93. The summed E-state index contributed by atoms with van der Waals surface area (Å²) in [5.41, 5.74) is 1.26. The third-order valence-corrected chi connectivity index (χ3v) is 3.49. The Morgan fingerprint density at radius 2 is 2.15 bits per heavy atom. The van der Waals surface area contributed by atoms with E-state index in [1.165, 1.54) is 11.5 Å². The smallest absolute Gasteiger partial charge is 0.335 e. The van der Waals surface area contributed by atoms with Gasteiger partial charge in [0.1, 0.15) is 6.10 Å². The largest absolute Gasteiger partial charge is 0.478 e. The molecular weight excluding hydrogens is 278 g/mol. The number of carbonyl (C=O) groups is 1. The Kier molecular flexibility index (Phi) is 4.65. The van der Waals surface area contributed by atoms with Gasteiger partial charge in [0.15, 0.2) is 5.82 Å². The van der Waals surface area contributed by atoms with Gasteiger partial charge in [-0.25, -0.2) is 9.78 Å². The number of aromatic carboxylic acids is 1. The van der Waals surface area contributed by atoms with Crippen molar-refractivity contribution < 1.29 is 14.6 Å². The number of methoxy groups -OCH3 is 1. The summed E-state index contributed by atoms with van der Waals surface area (Å²) >= 11 is 1.27. The predicted molar refractivity (Wildman–Crippen MR) is 76.1 cm³/mol. The quantitative estimate of drug-likeness (QED) is 0.851. The van der Waals surface area contributed by atoms with Crippen LogP contribution in [0, 0.1) is 0 Å². The number of nitrogens with one attached hydrogen (secondary N) is 1. The number of hydrogen-bond acceptors (Lipinski definition) is 6. The van der Waals surface area contributed by atoms with Gasteiger partial charge in [0.25, 0.3) is 0 Å². The van der Waals surface area contributed by atoms with Gasteiger partial charge in [-0.2, -0.15) is 4.37 Å². The van der Waals surface area contributed by atoms with Crippen LogP contribution in [0.15, 0.2) is 24.3 Å². The molecule has 1 aromatic heterocycles. The number of rotatable bonds is 6. The topological polar surface area (TPSA) is 84.3 Å². The highest BCUT2D eigenvalue weighted by Crippen LogP contribution is 2.19. The molecule has 0 aliphatic carbocycles. The van der Waals surface area contributed by atoms with Crippen LogP contribution >= 0.6 is 11.5 Å². The molecule has 0 amide bonds. The van der Waals surface area contributed by atoms with Crippen molar-refractivity contribution in [3.8, 4) is 0 Å². The molecule has 0 bridgehead atoms. The summed E-state index contributed by atoms with van der Waals surface area (Å²) < 4.78 is 9.35. The van der Waals surface area contributed by atoms with Gasteiger partial charge in [-0.3, -0.25) is 0 Å². The maximum Gasteiger partial charge on any atom is 0.335 e. The standard InChI is InChI=1S/C13H15N3O3S/c1-8(19-2)11-15-13(20-16-11)14-7-9-3-5-10(6-4-9)12(17)18/h3-6,8H,7H2,1-2H3,(H,17,18)(H,14,15,16). The molecule has 0 saturated heterocycles. The first-order valence-corrected chi connectivity index (χ1v) is 6.80. The zero-order chi connectivity index (χ0) is 14.5. The van der Waals surface area contributed by atoms with Crippen molar-refractivity contribution in [1.29, 1.82) is 0 Å². The molecule has 2 aromatic rings. The summed E-state index contributed by atoms with van der Waals surface area (Å²) in [6, 6.07) is 6.71. The van der Waals surface area contributed by atoms with Crippen LogP contribution in [0.25, 0.3) is 0 Å². The van der Waals surface area contributed by atoms with E-state index in [4.69, 9.17) is 9.84 Å². The van der Waals surface area contributed by atoms with E-state index >= 15 is 0 Å². The van der Waals surface area contributed by atoms with Crippen LogP contribution in [0.1, 0.15) is 34.8 Å². The number of carboxylic acids is 1. The zero-order valence-corrected chi connectivity index (χ0v) is 12.0. The number of ether oxygens (including phenoxy) is 1. The highest BCUT2D eigenvalue weighted by Gasteiger charge is 2.10. The molecule has 0 aliphatic heterocycles. The minimum absolute atomic E-state index is 0.128. The second kappa shape index (κ2) is 6.44. The molecule has 1 heterocycles. The molecule has 1 aromatic carbocycles. The lowest BCUT2D eigenvalue weighted by atomic mass is 10.1. The molecule has 0 spiro atoms. The van der Waals surface area contributed by atoms with Gasteiger partial charge >= 0.3 is 5.97 Å². The van der Waals surface area contributed by atoms with E-state index in [1.807, 2.05) is 6.92 Å². The highest BCUT2D eigenvalue weighted by molar-refractivity contribution is 7.09. The number of nitrogens with zero attached hydrogens (tertiary/aromatic N) is 2. The Morgan fingerprint density at radius 1 is 1.45 bits per heavy atom. The van der Waals surface area contributed by atoms with Crippen molar-refractivity contribution in [3.63, 3.8) is 0 Å². The first kappa shape index (κ1) is 14.4. The van der Waals surface area contributed by atoms with E-state index in [0.717, 1.165) is 5.56 Å². The third kappa shape index (κ3) is 3.52. The van der Waals surface area contributed by atoms with Crippen LogP contribution in [0.3, 0.4) is 0 Å². The van der Waals surface area contributed by atoms with E-state index in [-0.39, 0.29) is 11.7 Å². The predicted octanol–water partition coefficient (Wildman–Crippen LogP) is 2.56. The monoisotopic (exact) mass is 293 g/mol. The first-order valence-electron chi connectivity index (χ1n) is 6.02. The van der Waals surface area contributed by atoms with Gasteiger partial charge in [0.05, 0.1) is 5.56 Å². The van der Waals surface area contributed by atoms with Crippen LogP contribution in [0.4, 0.5) is 5.13 Å². The molecule has 2 rings (SSSR count). The third-order valence-electron chi connectivity index (χ3n) is 2.80. The maximum atomic E-state index is 10.7. The van der Waals surface area contributed by atoms with Crippen LogP contribution < -0.4 is 5.32 Å². The lowest BCUT2D eigenvalue weighted by Crippen LogP contribution is -2.02. The Hall–Kier alpha value is -1.99. The van der Waals surface area contributed by atoms with Crippen molar-refractivity contribution in [3.05, 3.63) is 41.2 Å². The molecule has 0 aliphatic rings. The summed E-state index contributed by atoms with van der Waals surface area (Å²) in [4.78, 5) is 15.1. The van der Waals surface area contributed by atoms with E-state index in [9.17, 15) is 4.79 Å².